The second-order valence-corrected chi connectivity index (χ2v) is 7.39. The molecule has 0 saturated heterocycles. The van der Waals surface area contributed by atoms with Gasteiger partial charge in [-0.3, -0.25) is 9.59 Å². The zero-order valence-electron chi connectivity index (χ0n) is 16.4. The van der Waals surface area contributed by atoms with Crippen molar-refractivity contribution in [1.29, 1.82) is 5.26 Å². The maximum Gasteiger partial charge on any atom is 0.262 e. The van der Waals surface area contributed by atoms with E-state index in [1.807, 2.05) is 19.9 Å². The van der Waals surface area contributed by atoms with Crippen molar-refractivity contribution in [1.82, 2.24) is 10.7 Å². The van der Waals surface area contributed by atoms with Crippen LogP contribution in [0.2, 0.25) is 10.0 Å². The van der Waals surface area contributed by atoms with Crippen LogP contribution >= 0.6 is 23.2 Å². The average molecular weight is 447 g/mol. The number of carbonyl (C=O) groups is 2. The number of nitrogens with zero attached hydrogens (tertiary/aromatic N) is 2. The first-order valence-electron chi connectivity index (χ1n) is 9.00. The van der Waals surface area contributed by atoms with E-state index in [0.29, 0.717) is 16.3 Å². The molecule has 0 radical (unpaired) electrons. The van der Waals surface area contributed by atoms with Crippen LogP contribution in [0.5, 0.6) is 5.75 Å². The van der Waals surface area contributed by atoms with Gasteiger partial charge in [0.05, 0.1) is 16.3 Å². The minimum Gasteiger partial charge on any atom is -0.479 e. The summed E-state index contributed by atoms with van der Waals surface area (Å²) in [7, 11) is 0. The first-order chi connectivity index (χ1) is 14.3. The van der Waals surface area contributed by atoms with Gasteiger partial charge < -0.3 is 10.1 Å². The number of rotatable bonds is 8. The largest absolute Gasteiger partial charge is 0.479 e. The average Bonchev–Trinajstić information content (AvgIpc) is 2.72. The topological polar surface area (TPSA) is 104 Å². The molecule has 156 valence electrons. The van der Waals surface area contributed by atoms with Gasteiger partial charge in [-0.2, -0.15) is 10.4 Å². The molecule has 2 rings (SSSR count). The predicted molar refractivity (Wildman–Crippen MR) is 116 cm³/mol. The molecule has 0 aromatic heterocycles. The van der Waals surface area contributed by atoms with E-state index in [2.05, 4.69) is 15.8 Å². The number of nitriles is 1. The third kappa shape index (κ3) is 6.76. The minimum atomic E-state index is -0.800. The summed E-state index contributed by atoms with van der Waals surface area (Å²) in [6.45, 7) is 3.58. The number of benzene rings is 2. The number of halogens is 2. The van der Waals surface area contributed by atoms with E-state index in [1.165, 1.54) is 24.4 Å². The SMILES string of the molecule is CC(C)C(NC(=O)c1ccc(Cl)c(Cl)c1)C(=O)N/N=C/c1ccc(OCC#N)cc1. The van der Waals surface area contributed by atoms with E-state index in [4.69, 9.17) is 33.2 Å². The lowest BCUT2D eigenvalue weighted by atomic mass is 10.0. The van der Waals surface area contributed by atoms with Gasteiger partial charge in [-0.25, -0.2) is 5.43 Å². The summed E-state index contributed by atoms with van der Waals surface area (Å²) in [4.78, 5) is 25.0. The van der Waals surface area contributed by atoms with Gasteiger partial charge in [0.15, 0.2) is 6.61 Å². The standard InChI is InChI=1S/C21H20Cl2N4O3/c1-13(2)19(26-20(28)15-5-8-17(22)18(23)11-15)21(29)27-25-12-14-3-6-16(7-4-14)30-10-9-24/h3-8,11-13,19H,10H2,1-2H3,(H,26,28)(H,27,29)/b25-12+. The molecule has 1 atom stereocenters. The first-order valence-corrected chi connectivity index (χ1v) is 9.76. The molecule has 7 nitrogen and oxygen atoms in total. The van der Waals surface area contributed by atoms with Crippen LogP contribution < -0.4 is 15.5 Å². The lowest BCUT2D eigenvalue weighted by Gasteiger charge is -2.20. The highest BCUT2D eigenvalue weighted by atomic mass is 35.5. The van der Waals surface area contributed by atoms with E-state index in [1.54, 1.807) is 24.3 Å². The smallest absolute Gasteiger partial charge is 0.262 e. The monoisotopic (exact) mass is 446 g/mol. The Morgan fingerprint density at radius 1 is 1.17 bits per heavy atom. The van der Waals surface area contributed by atoms with Gasteiger partial charge in [-0.1, -0.05) is 37.0 Å². The van der Waals surface area contributed by atoms with Crippen LogP contribution in [0.4, 0.5) is 0 Å². The Bertz CT molecular complexity index is 969. The molecule has 0 heterocycles. The van der Waals surface area contributed by atoms with Crippen molar-refractivity contribution in [3.8, 4) is 11.8 Å². The molecule has 0 aliphatic carbocycles. The third-order valence-corrected chi connectivity index (χ3v) is 4.73. The zero-order chi connectivity index (χ0) is 22.1. The highest BCUT2D eigenvalue weighted by Gasteiger charge is 2.24. The molecule has 2 N–H and O–H groups in total. The molecule has 0 bridgehead atoms. The van der Waals surface area contributed by atoms with Crippen LogP contribution in [0, 0.1) is 17.2 Å². The van der Waals surface area contributed by atoms with Crippen LogP contribution in [0.1, 0.15) is 29.8 Å². The summed E-state index contributed by atoms with van der Waals surface area (Å²) in [6, 6.07) is 12.4. The van der Waals surface area contributed by atoms with E-state index >= 15 is 0 Å². The van der Waals surface area contributed by atoms with Gasteiger partial charge in [0.2, 0.25) is 0 Å². The molecule has 2 aromatic carbocycles. The molecular formula is C21H20Cl2N4O3. The fraction of sp³-hybridized carbons (Fsp3) is 0.238. The van der Waals surface area contributed by atoms with Crippen LogP contribution in [-0.4, -0.2) is 30.7 Å². The Morgan fingerprint density at radius 3 is 2.47 bits per heavy atom. The van der Waals surface area contributed by atoms with E-state index in [9.17, 15) is 9.59 Å². The summed E-state index contributed by atoms with van der Waals surface area (Å²) < 4.78 is 5.17. The molecule has 30 heavy (non-hydrogen) atoms. The predicted octanol–water partition coefficient (Wildman–Crippen LogP) is 3.80. The van der Waals surface area contributed by atoms with Crippen molar-refractivity contribution in [3.63, 3.8) is 0 Å². The van der Waals surface area contributed by atoms with E-state index < -0.39 is 17.9 Å². The molecule has 2 aromatic rings. The van der Waals surface area contributed by atoms with Crippen LogP contribution in [0.15, 0.2) is 47.6 Å². The molecule has 0 fully saturated rings. The van der Waals surface area contributed by atoms with Crippen molar-refractivity contribution < 1.29 is 14.3 Å². The molecule has 1 unspecified atom stereocenters. The minimum absolute atomic E-state index is 0.0337. The summed E-state index contributed by atoms with van der Waals surface area (Å²) in [6.07, 6.45) is 1.46. The number of nitrogens with one attached hydrogen (secondary N) is 2. The Labute approximate surface area is 184 Å². The Kier molecular flexibility index (Phi) is 8.66. The van der Waals surface area contributed by atoms with Gasteiger partial charge in [0.1, 0.15) is 17.9 Å². The zero-order valence-corrected chi connectivity index (χ0v) is 17.9. The van der Waals surface area contributed by atoms with Crippen molar-refractivity contribution in [3.05, 3.63) is 63.6 Å². The van der Waals surface area contributed by atoms with E-state index in [-0.39, 0.29) is 17.5 Å². The third-order valence-electron chi connectivity index (χ3n) is 3.99. The number of amides is 2. The molecule has 9 heteroatoms. The van der Waals surface area contributed by atoms with Gasteiger partial charge in [-0.15, -0.1) is 0 Å². The van der Waals surface area contributed by atoms with Gasteiger partial charge in [-0.05, 0) is 53.9 Å². The number of hydrogen-bond donors (Lipinski definition) is 2. The number of hydrazone groups is 1. The Morgan fingerprint density at radius 2 is 1.87 bits per heavy atom. The van der Waals surface area contributed by atoms with Crippen molar-refractivity contribution in [2.24, 2.45) is 11.0 Å². The molecular weight excluding hydrogens is 427 g/mol. The van der Waals surface area contributed by atoms with Gasteiger partial charge in [0, 0.05) is 5.56 Å². The second-order valence-electron chi connectivity index (χ2n) is 6.57. The first kappa shape index (κ1) is 23.2. The number of hydrogen-bond acceptors (Lipinski definition) is 5. The van der Waals surface area contributed by atoms with Crippen LogP contribution in [0.25, 0.3) is 0 Å². The number of ether oxygens (including phenoxy) is 1. The van der Waals surface area contributed by atoms with E-state index in [0.717, 1.165) is 5.56 Å². The highest BCUT2D eigenvalue weighted by Crippen LogP contribution is 2.22. The summed E-state index contributed by atoms with van der Waals surface area (Å²) in [5.74, 6) is -0.519. The lowest BCUT2D eigenvalue weighted by Crippen LogP contribution is -2.48. The maximum atomic E-state index is 12.5. The summed E-state index contributed by atoms with van der Waals surface area (Å²) in [5.41, 5.74) is 3.45. The van der Waals surface area contributed by atoms with Crippen molar-refractivity contribution >= 4 is 41.2 Å². The summed E-state index contributed by atoms with van der Waals surface area (Å²) >= 11 is 11.8. The van der Waals surface area contributed by atoms with Gasteiger partial charge >= 0.3 is 0 Å². The van der Waals surface area contributed by atoms with Crippen LogP contribution in [-0.2, 0) is 4.79 Å². The molecule has 2 amide bonds. The number of carbonyl (C=O) groups excluding carboxylic acids is 2. The molecule has 0 aliphatic rings. The lowest BCUT2D eigenvalue weighted by molar-refractivity contribution is -0.123. The second kappa shape index (κ2) is 11.2. The normalized spacial score (nSPS) is 11.7. The van der Waals surface area contributed by atoms with Crippen molar-refractivity contribution in [2.75, 3.05) is 6.61 Å². The van der Waals surface area contributed by atoms with Crippen molar-refractivity contribution in [2.45, 2.75) is 19.9 Å². The fourth-order valence-electron chi connectivity index (χ4n) is 2.40. The summed E-state index contributed by atoms with van der Waals surface area (Å²) in [5, 5.41) is 15.7. The molecule has 0 spiro atoms. The molecule has 0 saturated carbocycles. The quantitative estimate of drug-likeness (QED) is 0.475. The highest BCUT2D eigenvalue weighted by molar-refractivity contribution is 6.42. The fourth-order valence-corrected chi connectivity index (χ4v) is 2.70. The Balaban J connectivity index is 1.98. The van der Waals surface area contributed by atoms with Gasteiger partial charge in [0.25, 0.3) is 11.8 Å². The Hall–Kier alpha value is -3.08. The van der Waals surface area contributed by atoms with Crippen LogP contribution in [0.3, 0.4) is 0 Å². The molecule has 0 aliphatic heterocycles. The maximum absolute atomic E-state index is 12.5.